The Bertz CT molecular complexity index is 1070. The topological polar surface area (TPSA) is 70.2 Å². The lowest BCUT2D eigenvalue weighted by Crippen LogP contribution is -2.51. The summed E-state index contributed by atoms with van der Waals surface area (Å²) in [5.41, 5.74) is 1.71. The summed E-state index contributed by atoms with van der Waals surface area (Å²) in [6.07, 6.45) is 1.91. The molecule has 3 fully saturated rings. The van der Waals surface area contributed by atoms with Crippen molar-refractivity contribution in [3.8, 4) is 11.1 Å². The van der Waals surface area contributed by atoms with Crippen LogP contribution < -0.4 is 0 Å². The Labute approximate surface area is 206 Å². The van der Waals surface area contributed by atoms with E-state index in [4.69, 9.17) is 4.74 Å². The second kappa shape index (κ2) is 9.91. The van der Waals surface area contributed by atoms with Gasteiger partial charge in [0, 0.05) is 52.1 Å². The first-order valence-corrected chi connectivity index (χ1v) is 12.5. The van der Waals surface area contributed by atoms with Crippen molar-refractivity contribution in [3.05, 3.63) is 60.2 Å². The van der Waals surface area contributed by atoms with Gasteiger partial charge in [-0.1, -0.05) is 54.6 Å². The van der Waals surface area contributed by atoms with Crippen LogP contribution in [0.4, 0.5) is 0 Å². The fourth-order valence-electron chi connectivity index (χ4n) is 5.76. The molecule has 1 atom stereocenters. The molecule has 0 radical (unpaired) electrons. The van der Waals surface area contributed by atoms with Crippen LogP contribution in [0.2, 0.25) is 0 Å². The lowest BCUT2D eigenvalue weighted by Gasteiger charge is -2.40. The van der Waals surface area contributed by atoms with E-state index in [1.807, 2.05) is 59.5 Å². The van der Waals surface area contributed by atoms with Gasteiger partial charge in [-0.15, -0.1) is 0 Å². The number of likely N-dealkylation sites (N-methyl/N-ethyl adjacent to an activating group) is 1. The van der Waals surface area contributed by atoms with E-state index in [9.17, 15) is 14.4 Å². The first kappa shape index (κ1) is 23.7. The molecule has 0 unspecified atom stereocenters. The van der Waals surface area contributed by atoms with E-state index in [2.05, 4.69) is 4.90 Å². The SMILES string of the molecule is CN1C(=O)C[C@@](CC(=O)N2CCC(N3CCOCC3)CC2)(c2ccc(-c3ccccc3)cc2)C1=O. The summed E-state index contributed by atoms with van der Waals surface area (Å²) in [6, 6.07) is 18.2. The molecule has 3 aliphatic heterocycles. The molecule has 0 aromatic heterocycles. The molecule has 2 aromatic rings. The molecule has 0 N–H and O–H groups in total. The van der Waals surface area contributed by atoms with Crippen molar-refractivity contribution >= 4 is 17.7 Å². The smallest absolute Gasteiger partial charge is 0.240 e. The van der Waals surface area contributed by atoms with Gasteiger partial charge in [0.1, 0.15) is 0 Å². The van der Waals surface area contributed by atoms with E-state index in [1.165, 1.54) is 11.9 Å². The van der Waals surface area contributed by atoms with Crippen LogP contribution in [-0.4, -0.2) is 84.9 Å². The van der Waals surface area contributed by atoms with Crippen LogP contribution in [0.25, 0.3) is 11.1 Å². The number of piperidine rings is 1. The van der Waals surface area contributed by atoms with E-state index in [-0.39, 0.29) is 30.6 Å². The monoisotopic (exact) mass is 475 g/mol. The second-order valence-corrected chi connectivity index (χ2v) is 9.90. The Morgan fingerprint density at radius 2 is 1.54 bits per heavy atom. The van der Waals surface area contributed by atoms with Gasteiger partial charge in [-0.3, -0.25) is 24.2 Å². The fraction of sp³-hybridized carbons (Fsp3) is 0.464. The molecule has 5 rings (SSSR count). The van der Waals surface area contributed by atoms with Gasteiger partial charge in [-0.2, -0.15) is 0 Å². The summed E-state index contributed by atoms with van der Waals surface area (Å²) in [4.78, 5) is 45.0. The van der Waals surface area contributed by atoms with Crippen LogP contribution >= 0.6 is 0 Å². The minimum absolute atomic E-state index is 0.0226. The molecular weight excluding hydrogens is 442 g/mol. The van der Waals surface area contributed by atoms with Gasteiger partial charge >= 0.3 is 0 Å². The highest BCUT2D eigenvalue weighted by atomic mass is 16.5. The van der Waals surface area contributed by atoms with Gasteiger partial charge in [-0.05, 0) is 29.5 Å². The third-order valence-corrected chi connectivity index (χ3v) is 7.92. The van der Waals surface area contributed by atoms with Gasteiger partial charge < -0.3 is 9.64 Å². The number of hydrogen-bond donors (Lipinski definition) is 0. The molecule has 0 bridgehead atoms. The molecule has 7 heteroatoms. The molecule has 7 nitrogen and oxygen atoms in total. The molecule has 35 heavy (non-hydrogen) atoms. The summed E-state index contributed by atoms with van der Waals surface area (Å²) < 4.78 is 5.47. The van der Waals surface area contributed by atoms with Crippen LogP contribution in [0, 0.1) is 0 Å². The average Bonchev–Trinajstić information content (AvgIpc) is 3.13. The number of imide groups is 1. The van der Waals surface area contributed by atoms with E-state index < -0.39 is 5.41 Å². The van der Waals surface area contributed by atoms with Gasteiger partial charge in [0.2, 0.25) is 17.7 Å². The van der Waals surface area contributed by atoms with Gasteiger partial charge in [0.15, 0.2) is 0 Å². The van der Waals surface area contributed by atoms with Crippen LogP contribution in [-0.2, 0) is 24.5 Å². The highest BCUT2D eigenvalue weighted by molar-refractivity contribution is 6.10. The third-order valence-electron chi connectivity index (χ3n) is 7.92. The lowest BCUT2D eigenvalue weighted by molar-refractivity contribution is -0.142. The lowest BCUT2D eigenvalue weighted by atomic mass is 9.75. The van der Waals surface area contributed by atoms with Crippen LogP contribution in [0.1, 0.15) is 31.2 Å². The average molecular weight is 476 g/mol. The maximum Gasteiger partial charge on any atom is 0.240 e. The number of benzene rings is 2. The molecule has 0 saturated carbocycles. The van der Waals surface area contributed by atoms with Gasteiger partial charge in [-0.25, -0.2) is 0 Å². The zero-order valence-corrected chi connectivity index (χ0v) is 20.3. The summed E-state index contributed by atoms with van der Waals surface area (Å²) in [5, 5.41) is 0. The number of carbonyl (C=O) groups is 3. The normalized spacial score (nSPS) is 24.3. The molecule has 0 spiro atoms. The van der Waals surface area contributed by atoms with Crippen LogP contribution in [0.3, 0.4) is 0 Å². The van der Waals surface area contributed by atoms with Crippen molar-refractivity contribution in [1.82, 2.24) is 14.7 Å². The Morgan fingerprint density at radius 1 is 0.914 bits per heavy atom. The van der Waals surface area contributed by atoms with E-state index in [0.717, 1.165) is 55.8 Å². The Morgan fingerprint density at radius 3 is 2.14 bits per heavy atom. The van der Waals surface area contributed by atoms with Crippen LogP contribution in [0.5, 0.6) is 0 Å². The fourth-order valence-corrected chi connectivity index (χ4v) is 5.76. The molecule has 0 aliphatic carbocycles. The van der Waals surface area contributed by atoms with Crippen molar-refractivity contribution in [3.63, 3.8) is 0 Å². The van der Waals surface area contributed by atoms with Crippen molar-refractivity contribution in [2.24, 2.45) is 0 Å². The first-order chi connectivity index (χ1) is 17.0. The van der Waals surface area contributed by atoms with E-state index in [1.54, 1.807) is 0 Å². The van der Waals surface area contributed by atoms with Crippen molar-refractivity contribution in [2.75, 3.05) is 46.4 Å². The standard InChI is InChI=1S/C28H33N3O4/c1-29-25(32)19-28(27(29)34,23-9-7-22(8-10-23)21-5-3-2-4-6-21)20-26(33)31-13-11-24(12-14-31)30-15-17-35-18-16-30/h2-10,24H,11-20H2,1H3/t28-/m1/s1. The first-order valence-electron chi connectivity index (χ1n) is 12.5. The quantitative estimate of drug-likeness (QED) is 0.622. The number of amides is 3. The highest BCUT2D eigenvalue weighted by Crippen LogP contribution is 2.40. The minimum Gasteiger partial charge on any atom is -0.379 e. The van der Waals surface area contributed by atoms with Crippen LogP contribution in [0.15, 0.2) is 54.6 Å². The number of ether oxygens (including phenoxy) is 1. The number of rotatable bonds is 5. The number of carbonyl (C=O) groups excluding carboxylic acids is 3. The Hall–Kier alpha value is -3.03. The number of hydrogen-bond acceptors (Lipinski definition) is 5. The molecular formula is C28H33N3O4. The third kappa shape index (κ3) is 4.62. The molecule has 2 aromatic carbocycles. The van der Waals surface area contributed by atoms with Gasteiger partial charge in [0.25, 0.3) is 0 Å². The van der Waals surface area contributed by atoms with Crippen molar-refractivity contribution in [2.45, 2.75) is 37.1 Å². The Kier molecular flexibility index (Phi) is 6.71. The van der Waals surface area contributed by atoms with E-state index in [0.29, 0.717) is 19.1 Å². The Balaban J connectivity index is 1.33. The molecule has 3 heterocycles. The molecule has 3 amide bonds. The second-order valence-electron chi connectivity index (χ2n) is 9.90. The summed E-state index contributed by atoms with van der Waals surface area (Å²) in [7, 11) is 1.52. The number of morpholine rings is 1. The summed E-state index contributed by atoms with van der Waals surface area (Å²) in [5.74, 6) is -0.568. The highest BCUT2D eigenvalue weighted by Gasteiger charge is 2.53. The zero-order chi connectivity index (χ0) is 24.4. The summed E-state index contributed by atoms with van der Waals surface area (Å²) in [6.45, 7) is 4.81. The predicted octanol–water partition coefficient (Wildman–Crippen LogP) is 2.69. The number of likely N-dealkylation sites (tertiary alicyclic amines) is 2. The van der Waals surface area contributed by atoms with Gasteiger partial charge in [0.05, 0.1) is 18.6 Å². The molecule has 3 saturated heterocycles. The largest absolute Gasteiger partial charge is 0.379 e. The molecule has 184 valence electrons. The maximum atomic E-state index is 13.5. The minimum atomic E-state index is -1.14. The van der Waals surface area contributed by atoms with Crippen molar-refractivity contribution in [1.29, 1.82) is 0 Å². The number of nitrogens with zero attached hydrogens (tertiary/aromatic N) is 3. The maximum absolute atomic E-state index is 13.5. The van der Waals surface area contributed by atoms with E-state index >= 15 is 0 Å². The molecule has 3 aliphatic rings. The zero-order valence-electron chi connectivity index (χ0n) is 20.3. The summed E-state index contributed by atoms with van der Waals surface area (Å²) >= 11 is 0. The van der Waals surface area contributed by atoms with Crippen molar-refractivity contribution < 1.29 is 19.1 Å². The predicted molar refractivity (Wildman–Crippen MR) is 133 cm³/mol.